The van der Waals surface area contributed by atoms with Gasteiger partial charge in [-0.15, -0.1) is 5.10 Å². The zero-order valence-corrected chi connectivity index (χ0v) is 15.3. The van der Waals surface area contributed by atoms with Gasteiger partial charge in [-0.2, -0.15) is 0 Å². The molecule has 140 valence electrons. The number of anilines is 1. The maximum Gasteiger partial charge on any atom is 0.350 e. The molecule has 2 heterocycles. The van der Waals surface area contributed by atoms with Crippen molar-refractivity contribution in [1.82, 2.24) is 19.1 Å². The van der Waals surface area contributed by atoms with Crippen LogP contribution in [0.25, 0.3) is 5.65 Å². The first-order chi connectivity index (χ1) is 13.0. The van der Waals surface area contributed by atoms with Crippen LogP contribution in [0.4, 0.5) is 5.69 Å². The molecule has 3 aromatic rings. The molecule has 0 aliphatic heterocycles. The largest absolute Gasteiger partial charge is 0.350 e. The lowest BCUT2D eigenvalue weighted by Crippen LogP contribution is -2.32. The van der Waals surface area contributed by atoms with Crippen LogP contribution >= 0.6 is 0 Å². The van der Waals surface area contributed by atoms with E-state index < -0.39 is 11.6 Å². The summed E-state index contributed by atoms with van der Waals surface area (Å²) in [5.74, 6) is -0.582. The standard InChI is InChI=1S/C19H21N5O3/c1-3-22(4-2)18(26)14-9-5-6-10-15(14)20-17(25)13-24-19(27)23-12-8-7-11-16(23)21-24/h5-12H,3-4,13H2,1-2H3,(H,20,25). The van der Waals surface area contributed by atoms with E-state index >= 15 is 0 Å². The quantitative estimate of drug-likeness (QED) is 0.717. The van der Waals surface area contributed by atoms with Crippen LogP contribution < -0.4 is 11.0 Å². The number of hydrogen-bond acceptors (Lipinski definition) is 4. The summed E-state index contributed by atoms with van der Waals surface area (Å²) < 4.78 is 2.46. The molecule has 0 radical (unpaired) electrons. The zero-order valence-electron chi connectivity index (χ0n) is 15.3. The lowest BCUT2D eigenvalue weighted by molar-refractivity contribution is -0.117. The van der Waals surface area contributed by atoms with E-state index in [-0.39, 0.29) is 12.5 Å². The number of amides is 2. The van der Waals surface area contributed by atoms with Crippen molar-refractivity contribution in [1.29, 1.82) is 0 Å². The highest BCUT2D eigenvalue weighted by Crippen LogP contribution is 2.17. The number of aromatic nitrogens is 3. The molecule has 0 spiro atoms. The molecule has 0 unspecified atom stereocenters. The molecule has 2 aromatic heterocycles. The Morgan fingerprint density at radius 1 is 1.07 bits per heavy atom. The van der Waals surface area contributed by atoms with Crippen LogP contribution in [-0.2, 0) is 11.3 Å². The average Bonchev–Trinajstić information content (AvgIpc) is 2.99. The normalized spacial score (nSPS) is 10.7. The molecule has 0 saturated heterocycles. The SMILES string of the molecule is CCN(CC)C(=O)c1ccccc1NC(=O)Cn1nc2ccccn2c1=O. The second-order valence-corrected chi connectivity index (χ2v) is 5.94. The van der Waals surface area contributed by atoms with E-state index in [1.807, 2.05) is 13.8 Å². The van der Waals surface area contributed by atoms with Crippen LogP contribution in [0.1, 0.15) is 24.2 Å². The van der Waals surface area contributed by atoms with Crippen molar-refractivity contribution in [2.24, 2.45) is 0 Å². The molecule has 0 aliphatic rings. The lowest BCUT2D eigenvalue weighted by Gasteiger charge is -2.20. The first-order valence-electron chi connectivity index (χ1n) is 8.77. The fourth-order valence-electron chi connectivity index (χ4n) is 2.86. The maximum atomic E-state index is 12.6. The van der Waals surface area contributed by atoms with E-state index in [9.17, 15) is 14.4 Å². The van der Waals surface area contributed by atoms with E-state index in [1.165, 1.54) is 4.40 Å². The van der Waals surface area contributed by atoms with Crippen molar-refractivity contribution in [3.8, 4) is 0 Å². The second-order valence-electron chi connectivity index (χ2n) is 5.94. The molecular weight excluding hydrogens is 346 g/mol. The number of nitrogens with one attached hydrogen (secondary N) is 1. The molecule has 27 heavy (non-hydrogen) atoms. The van der Waals surface area contributed by atoms with Crippen LogP contribution in [0, 0.1) is 0 Å². The van der Waals surface area contributed by atoms with Crippen molar-refractivity contribution < 1.29 is 9.59 Å². The van der Waals surface area contributed by atoms with Gasteiger partial charge < -0.3 is 10.2 Å². The lowest BCUT2D eigenvalue weighted by atomic mass is 10.1. The third-order valence-electron chi connectivity index (χ3n) is 4.26. The molecule has 0 fully saturated rings. The van der Waals surface area contributed by atoms with E-state index in [1.54, 1.807) is 53.6 Å². The van der Waals surface area contributed by atoms with Gasteiger partial charge in [0.15, 0.2) is 5.65 Å². The molecule has 8 heteroatoms. The van der Waals surface area contributed by atoms with E-state index in [0.29, 0.717) is 30.0 Å². The molecule has 0 saturated carbocycles. The summed E-state index contributed by atoms with van der Waals surface area (Å²) in [6.45, 7) is 4.72. The van der Waals surface area contributed by atoms with Crippen molar-refractivity contribution in [3.05, 3.63) is 64.7 Å². The molecule has 0 atom stereocenters. The van der Waals surface area contributed by atoms with Crippen molar-refractivity contribution in [3.63, 3.8) is 0 Å². The van der Waals surface area contributed by atoms with Crippen molar-refractivity contribution in [2.45, 2.75) is 20.4 Å². The average molecular weight is 367 g/mol. The highest BCUT2D eigenvalue weighted by Gasteiger charge is 2.18. The minimum atomic E-state index is -0.430. The van der Waals surface area contributed by atoms with E-state index in [4.69, 9.17) is 0 Å². The monoisotopic (exact) mass is 367 g/mol. The van der Waals surface area contributed by atoms with Crippen LogP contribution in [0.2, 0.25) is 0 Å². The Morgan fingerprint density at radius 3 is 2.48 bits per heavy atom. The second kappa shape index (κ2) is 7.86. The number of fused-ring (bicyclic) bond motifs is 1. The van der Waals surface area contributed by atoms with Crippen LogP contribution in [-0.4, -0.2) is 44.0 Å². The predicted octanol–water partition coefficient (Wildman–Crippen LogP) is 1.62. The predicted molar refractivity (Wildman–Crippen MR) is 102 cm³/mol. The van der Waals surface area contributed by atoms with Gasteiger partial charge in [-0.05, 0) is 38.1 Å². The van der Waals surface area contributed by atoms with Gasteiger partial charge in [0, 0.05) is 19.3 Å². The van der Waals surface area contributed by atoms with Gasteiger partial charge in [-0.1, -0.05) is 18.2 Å². The molecule has 3 rings (SSSR count). The molecular formula is C19H21N5O3. The summed E-state index contributed by atoms with van der Waals surface area (Å²) in [5.41, 5.74) is 0.897. The van der Waals surface area contributed by atoms with Gasteiger partial charge in [0.2, 0.25) is 5.91 Å². The Labute approximate surface area is 156 Å². The first-order valence-corrected chi connectivity index (χ1v) is 8.77. The Hall–Kier alpha value is -3.42. The number of carbonyl (C=O) groups excluding carboxylic acids is 2. The fraction of sp³-hybridized carbons (Fsp3) is 0.263. The van der Waals surface area contributed by atoms with Gasteiger partial charge in [0.1, 0.15) is 6.54 Å². The summed E-state index contributed by atoms with van der Waals surface area (Å²) in [4.78, 5) is 39.1. The van der Waals surface area contributed by atoms with Gasteiger partial charge in [0.25, 0.3) is 5.91 Å². The Kier molecular flexibility index (Phi) is 5.35. The first kappa shape index (κ1) is 18.4. The highest BCUT2D eigenvalue weighted by molar-refractivity contribution is 6.03. The summed E-state index contributed by atoms with van der Waals surface area (Å²) in [6, 6.07) is 12.0. The molecule has 0 bridgehead atoms. The van der Waals surface area contributed by atoms with E-state index in [2.05, 4.69) is 10.4 Å². The number of benzene rings is 1. The number of rotatable bonds is 6. The Bertz CT molecular complexity index is 1030. The highest BCUT2D eigenvalue weighted by atomic mass is 16.2. The molecule has 2 amide bonds. The molecule has 0 aliphatic carbocycles. The van der Waals surface area contributed by atoms with Crippen molar-refractivity contribution >= 4 is 23.1 Å². The summed E-state index contributed by atoms with van der Waals surface area (Å²) >= 11 is 0. The third kappa shape index (κ3) is 3.74. The maximum absolute atomic E-state index is 12.6. The van der Waals surface area contributed by atoms with Crippen LogP contribution in [0.3, 0.4) is 0 Å². The van der Waals surface area contributed by atoms with E-state index in [0.717, 1.165) is 4.68 Å². The van der Waals surface area contributed by atoms with Crippen LogP contribution in [0.5, 0.6) is 0 Å². The number of pyridine rings is 1. The summed E-state index contributed by atoms with van der Waals surface area (Å²) in [6.07, 6.45) is 1.59. The Balaban J connectivity index is 1.81. The molecule has 1 aromatic carbocycles. The van der Waals surface area contributed by atoms with Crippen molar-refractivity contribution in [2.75, 3.05) is 18.4 Å². The van der Waals surface area contributed by atoms with Gasteiger partial charge in [-0.3, -0.25) is 14.0 Å². The van der Waals surface area contributed by atoms with Gasteiger partial charge in [0.05, 0.1) is 11.3 Å². The minimum Gasteiger partial charge on any atom is -0.339 e. The molecule has 1 N–H and O–H groups in total. The van der Waals surface area contributed by atoms with Gasteiger partial charge in [-0.25, -0.2) is 9.48 Å². The number of hydrogen-bond donors (Lipinski definition) is 1. The van der Waals surface area contributed by atoms with Gasteiger partial charge >= 0.3 is 5.69 Å². The fourth-order valence-corrected chi connectivity index (χ4v) is 2.86. The number of para-hydroxylation sites is 1. The smallest absolute Gasteiger partial charge is 0.339 e. The third-order valence-corrected chi connectivity index (χ3v) is 4.26. The summed E-state index contributed by atoms with van der Waals surface area (Å²) in [5, 5.41) is 6.86. The number of nitrogens with zero attached hydrogens (tertiary/aromatic N) is 4. The topological polar surface area (TPSA) is 88.7 Å². The minimum absolute atomic E-state index is 0.152. The molecule has 8 nitrogen and oxygen atoms in total. The van der Waals surface area contributed by atoms with Crippen LogP contribution in [0.15, 0.2) is 53.5 Å². The number of carbonyl (C=O) groups is 2. The zero-order chi connectivity index (χ0) is 19.4. The summed E-state index contributed by atoms with van der Waals surface area (Å²) in [7, 11) is 0. The Morgan fingerprint density at radius 2 is 1.78 bits per heavy atom.